The van der Waals surface area contributed by atoms with Crippen LogP contribution in [0, 0.1) is 5.92 Å². The van der Waals surface area contributed by atoms with Crippen LogP contribution in [-0.2, 0) is 0 Å². The first-order chi connectivity index (χ1) is 14.3. The molecule has 1 aliphatic heterocycles. The van der Waals surface area contributed by atoms with Crippen LogP contribution in [0.1, 0.15) is 47.8 Å². The predicted octanol–water partition coefficient (Wildman–Crippen LogP) is 2.94. The van der Waals surface area contributed by atoms with Crippen molar-refractivity contribution >= 4 is 22.8 Å². The Morgan fingerprint density at radius 1 is 1.03 bits per heavy atom. The molecule has 7 heteroatoms. The molecule has 3 heterocycles. The van der Waals surface area contributed by atoms with Crippen molar-refractivity contribution in [3.05, 3.63) is 54.2 Å². The highest BCUT2D eigenvalue weighted by Crippen LogP contribution is 2.39. The summed E-state index contributed by atoms with van der Waals surface area (Å²) in [5.41, 5.74) is 3.09. The highest BCUT2D eigenvalue weighted by atomic mass is 16.1. The van der Waals surface area contributed by atoms with Gasteiger partial charge in [0.2, 0.25) is 0 Å². The van der Waals surface area contributed by atoms with Crippen LogP contribution in [0.3, 0.4) is 0 Å². The standard InChI is InChI=1S/C22H24N6O/c29-22(20-13-23-17-3-1-2-4-18(17)27-20)24-12-15-7-9-28(10-8-15)21-11-19(16-5-6-16)25-14-26-21/h1-4,11,13-16H,5-10,12H2,(H,24,29). The highest BCUT2D eigenvalue weighted by Gasteiger charge is 2.27. The van der Waals surface area contributed by atoms with Crippen LogP contribution in [0.4, 0.5) is 5.82 Å². The molecule has 0 unspecified atom stereocenters. The second-order valence-corrected chi connectivity index (χ2v) is 7.96. The van der Waals surface area contributed by atoms with Crippen molar-refractivity contribution in [2.45, 2.75) is 31.6 Å². The fourth-order valence-electron chi connectivity index (χ4n) is 3.90. The number of nitrogens with zero attached hydrogens (tertiary/aromatic N) is 5. The van der Waals surface area contributed by atoms with Gasteiger partial charge in [0.25, 0.3) is 5.91 Å². The summed E-state index contributed by atoms with van der Waals surface area (Å²) < 4.78 is 0. The van der Waals surface area contributed by atoms with Crippen LogP contribution >= 0.6 is 0 Å². The zero-order valence-electron chi connectivity index (χ0n) is 16.3. The maximum atomic E-state index is 12.5. The number of rotatable bonds is 5. The van der Waals surface area contributed by atoms with Crippen molar-refractivity contribution in [3.63, 3.8) is 0 Å². The average Bonchev–Trinajstić information content (AvgIpc) is 3.63. The molecule has 1 amide bonds. The molecular weight excluding hydrogens is 364 g/mol. The summed E-state index contributed by atoms with van der Waals surface area (Å²) in [5, 5.41) is 3.03. The Hall–Kier alpha value is -3.09. The van der Waals surface area contributed by atoms with E-state index in [1.807, 2.05) is 24.3 Å². The van der Waals surface area contributed by atoms with E-state index in [1.165, 1.54) is 18.5 Å². The molecule has 2 fully saturated rings. The SMILES string of the molecule is O=C(NCC1CCN(c2cc(C3CC3)ncn2)CC1)c1cnc2ccccc2n1. The van der Waals surface area contributed by atoms with E-state index in [4.69, 9.17) is 0 Å². The molecule has 0 atom stereocenters. The van der Waals surface area contributed by atoms with E-state index in [2.05, 4.69) is 36.2 Å². The molecule has 0 bridgehead atoms. The normalized spacial score (nSPS) is 17.4. The molecule has 1 saturated heterocycles. The third-order valence-corrected chi connectivity index (χ3v) is 5.84. The smallest absolute Gasteiger partial charge is 0.271 e. The van der Waals surface area contributed by atoms with Gasteiger partial charge in [0.05, 0.1) is 17.2 Å². The van der Waals surface area contributed by atoms with Gasteiger partial charge < -0.3 is 10.2 Å². The summed E-state index contributed by atoms with van der Waals surface area (Å²) in [6.45, 7) is 2.58. The van der Waals surface area contributed by atoms with Gasteiger partial charge in [0, 0.05) is 37.3 Å². The Kier molecular flexibility index (Phi) is 4.79. The fourth-order valence-corrected chi connectivity index (χ4v) is 3.90. The number of carbonyl (C=O) groups is 1. The summed E-state index contributed by atoms with van der Waals surface area (Å²) in [7, 11) is 0. The number of anilines is 1. The average molecular weight is 388 g/mol. The number of hydrogen-bond donors (Lipinski definition) is 1. The third-order valence-electron chi connectivity index (χ3n) is 5.84. The molecule has 5 rings (SSSR count). The van der Waals surface area contributed by atoms with E-state index >= 15 is 0 Å². The van der Waals surface area contributed by atoms with Crippen LogP contribution in [0.25, 0.3) is 11.0 Å². The van der Waals surface area contributed by atoms with E-state index in [-0.39, 0.29) is 5.91 Å². The molecule has 0 spiro atoms. The van der Waals surface area contributed by atoms with Crippen molar-refractivity contribution in [2.75, 3.05) is 24.5 Å². The molecule has 2 aliphatic rings. The number of nitrogens with one attached hydrogen (secondary N) is 1. The monoisotopic (exact) mass is 388 g/mol. The van der Waals surface area contributed by atoms with E-state index < -0.39 is 0 Å². The number of aromatic nitrogens is 4. The van der Waals surface area contributed by atoms with Crippen molar-refractivity contribution in [2.24, 2.45) is 5.92 Å². The number of carbonyl (C=O) groups excluding carboxylic acids is 1. The Morgan fingerprint density at radius 2 is 1.83 bits per heavy atom. The van der Waals surface area contributed by atoms with Crippen molar-refractivity contribution < 1.29 is 4.79 Å². The van der Waals surface area contributed by atoms with Gasteiger partial charge >= 0.3 is 0 Å². The number of para-hydroxylation sites is 2. The first-order valence-electron chi connectivity index (χ1n) is 10.3. The van der Waals surface area contributed by atoms with Crippen LogP contribution in [-0.4, -0.2) is 45.5 Å². The molecule has 29 heavy (non-hydrogen) atoms. The highest BCUT2D eigenvalue weighted by molar-refractivity contribution is 5.93. The largest absolute Gasteiger partial charge is 0.356 e. The second kappa shape index (κ2) is 7.73. The molecule has 1 aliphatic carbocycles. The minimum absolute atomic E-state index is 0.157. The van der Waals surface area contributed by atoms with Gasteiger partial charge in [-0.05, 0) is 43.7 Å². The topological polar surface area (TPSA) is 83.9 Å². The van der Waals surface area contributed by atoms with Gasteiger partial charge in [-0.3, -0.25) is 9.78 Å². The summed E-state index contributed by atoms with van der Waals surface area (Å²) in [5.74, 6) is 1.99. The zero-order chi connectivity index (χ0) is 19.6. The molecular formula is C22H24N6O. The molecule has 3 aromatic rings. The summed E-state index contributed by atoms with van der Waals surface area (Å²) in [6, 6.07) is 9.73. The number of hydrogen-bond acceptors (Lipinski definition) is 6. The summed E-state index contributed by atoms with van der Waals surface area (Å²) in [6.07, 6.45) is 7.81. The summed E-state index contributed by atoms with van der Waals surface area (Å²) >= 11 is 0. The van der Waals surface area contributed by atoms with Crippen molar-refractivity contribution in [3.8, 4) is 0 Å². The zero-order valence-corrected chi connectivity index (χ0v) is 16.3. The van der Waals surface area contributed by atoms with Crippen LogP contribution < -0.4 is 10.2 Å². The van der Waals surface area contributed by atoms with Crippen molar-refractivity contribution in [1.82, 2.24) is 25.3 Å². The van der Waals surface area contributed by atoms with E-state index in [0.29, 0.717) is 24.1 Å². The van der Waals surface area contributed by atoms with E-state index in [9.17, 15) is 4.79 Å². The molecule has 0 radical (unpaired) electrons. The Bertz CT molecular complexity index is 1030. The predicted molar refractivity (Wildman–Crippen MR) is 111 cm³/mol. The van der Waals surface area contributed by atoms with Gasteiger partial charge in [-0.15, -0.1) is 0 Å². The van der Waals surface area contributed by atoms with Gasteiger partial charge in [-0.2, -0.15) is 0 Å². The van der Waals surface area contributed by atoms with Crippen molar-refractivity contribution in [1.29, 1.82) is 0 Å². The quantitative estimate of drug-likeness (QED) is 0.723. The maximum absolute atomic E-state index is 12.5. The first-order valence-corrected chi connectivity index (χ1v) is 10.3. The minimum atomic E-state index is -0.157. The molecule has 1 N–H and O–H groups in total. The number of amides is 1. The molecule has 2 aromatic heterocycles. The van der Waals surface area contributed by atoms with Crippen LogP contribution in [0.2, 0.25) is 0 Å². The Balaban J connectivity index is 1.14. The lowest BCUT2D eigenvalue weighted by atomic mass is 9.96. The van der Waals surface area contributed by atoms with E-state index in [1.54, 1.807) is 12.5 Å². The maximum Gasteiger partial charge on any atom is 0.271 e. The third kappa shape index (κ3) is 4.04. The number of piperidine rings is 1. The molecule has 148 valence electrons. The van der Waals surface area contributed by atoms with E-state index in [0.717, 1.165) is 42.8 Å². The lowest BCUT2D eigenvalue weighted by Gasteiger charge is -2.32. The molecule has 7 nitrogen and oxygen atoms in total. The summed E-state index contributed by atoms with van der Waals surface area (Å²) in [4.78, 5) is 32.4. The molecule has 1 aromatic carbocycles. The minimum Gasteiger partial charge on any atom is -0.356 e. The fraction of sp³-hybridized carbons (Fsp3) is 0.409. The van der Waals surface area contributed by atoms with Gasteiger partial charge in [0.15, 0.2) is 0 Å². The number of benzene rings is 1. The Morgan fingerprint density at radius 3 is 2.62 bits per heavy atom. The van der Waals surface area contributed by atoms with Crippen LogP contribution in [0.15, 0.2) is 42.9 Å². The lowest BCUT2D eigenvalue weighted by molar-refractivity contribution is 0.0940. The van der Waals surface area contributed by atoms with Gasteiger partial charge in [0.1, 0.15) is 17.8 Å². The lowest BCUT2D eigenvalue weighted by Crippen LogP contribution is -2.39. The number of fused-ring (bicyclic) bond motifs is 1. The van der Waals surface area contributed by atoms with Crippen LogP contribution in [0.5, 0.6) is 0 Å². The van der Waals surface area contributed by atoms with Gasteiger partial charge in [-0.1, -0.05) is 12.1 Å². The Labute approximate surface area is 169 Å². The first kappa shape index (κ1) is 18.0. The second-order valence-electron chi connectivity index (χ2n) is 7.96. The molecule has 1 saturated carbocycles. The van der Waals surface area contributed by atoms with Gasteiger partial charge in [-0.25, -0.2) is 15.0 Å².